The first-order chi connectivity index (χ1) is 5.92. The minimum atomic E-state index is 1.14. The lowest BCUT2D eigenvalue weighted by Gasteiger charge is -1.95. The van der Waals surface area contributed by atoms with Crippen LogP contribution in [0, 0.1) is 0 Å². The average molecular weight is 160 g/mol. The standard InChI is InChI=1S/C10H12N2/c1-2-3-9-4-6-12-7-5-11-8-10(9)12/h4-8H,2-3H2,1H3. The molecular formula is C10H12N2. The molecule has 2 heteroatoms. The lowest BCUT2D eigenvalue weighted by molar-refractivity contribution is 0.928. The van der Waals surface area contributed by atoms with E-state index in [0.717, 1.165) is 6.42 Å². The van der Waals surface area contributed by atoms with Crippen LogP contribution < -0.4 is 0 Å². The monoisotopic (exact) mass is 160 g/mol. The smallest absolute Gasteiger partial charge is 0.0666 e. The molecule has 2 rings (SSSR count). The van der Waals surface area contributed by atoms with E-state index in [2.05, 4.69) is 28.6 Å². The maximum Gasteiger partial charge on any atom is 0.0666 e. The molecule has 0 N–H and O–H groups in total. The molecule has 0 aromatic carbocycles. The maximum absolute atomic E-state index is 4.11. The van der Waals surface area contributed by atoms with E-state index in [-0.39, 0.29) is 0 Å². The number of aromatic nitrogens is 2. The van der Waals surface area contributed by atoms with E-state index in [9.17, 15) is 0 Å². The molecule has 0 aliphatic heterocycles. The van der Waals surface area contributed by atoms with Crippen LogP contribution in [0.4, 0.5) is 0 Å². The maximum atomic E-state index is 4.11. The molecule has 0 fully saturated rings. The molecular weight excluding hydrogens is 148 g/mol. The molecule has 0 aliphatic rings. The molecule has 0 amide bonds. The van der Waals surface area contributed by atoms with Gasteiger partial charge in [-0.05, 0) is 18.1 Å². The summed E-state index contributed by atoms with van der Waals surface area (Å²) in [6, 6.07) is 2.17. The van der Waals surface area contributed by atoms with Crippen LogP contribution in [0.25, 0.3) is 5.52 Å². The molecule has 2 nitrogen and oxygen atoms in total. The first-order valence-corrected chi connectivity index (χ1v) is 4.31. The van der Waals surface area contributed by atoms with Gasteiger partial charge in [0.1, 0.15) is 0 Å². The van der Waals surface area contributed by atoms with Crippen molar-refractivity contribution in [3.63, 3.8) is 0 Å². The van der Waals surface area contributed by atoms with Gasteiger partial charge in [-0.25, -0.2) is 0 Å². The summed E-state index contributed by atoms with van der Waals surface area (Å²) in [5.74, 6) is 0. The Hall–Kier alpha value is -1.31. The molecule has 0 unspecified atom stereocenters. The van der Waals surface area contributed by atoms with Gasteiger partial charge in [0.25, 0.3) is 0 Å². The van der Waals surface area contributed by atoms with Gasteiger partial charge >= 0.3 is 0 Å². The van der Waals surface area contributed by atoms with Crippen LogP contribution in [-0.4, -0.2) is 9.38 Å². The van der Waals surface area contributed by atoms with E-state index < -0.39 is 0 Å². The van der Waals surface area contributed by atoms with Crippen molar-refractivity contribution in [2.45, 2.75) is 19.8 Å². The molecule has 0 spiro atoms. The van der Waals surface area contributed by atoms with E-state index in [0.29, 0.717) is 0 Å². The highest BCUT2D eigenvalue weighted by Crippen LogP contribution is 2.12. The largest absolute Gasteiger partial charge is 0.321 e. The first-order valence-electron chi connectivity index (χ1n) is 4.31. The van der Waals surface area contributed by atoms with Crippen LogP contribution in [0.3, 0.4) is 0 Å². The molecule has 12 heavy (non-hydrogen) atoms. The fourth-order valence-corrected chi connectivity index (χ4v) is 1.49. The highest BCUT2D eigenvalue weighted by Gasteiger charge is 1.99. The third-order valence-electron chi connectivity index (χ3n) is 2.07. The van der Waals surface area contributed by atoms with Gasteiger partial charge < -0.3 is 4.40 Å². The van der Waals surface area contributed by atoms with E-state index >= 15 is 0 Å². The van der Waals surface area contributed by atoms with Crippen molar-refractivity contribution in [1.29, 1.82) is 0 Å². The lowest BCUT2D eigenvalue weighted by Crippen LogP contribution is -1.85. The zero-order valence-corrected chi connectivity index (χ0v) is 7.20. The second kappa shape index (κ2) is 2.97. The first kappa shape index (κ1) is 7.35. The van der Waals surface area contributed by atoms with Crippen molar-refractivity contribution >= 4 is 5.52 Å². The summed E-state index contributed by atoms with van der Waals surface area (Å²) in [6.45, 7) is 2.19. The Bertz CT molecular complexity index is 376. The summed E-state index contributed by atoms with van der Waals surface area (Å²) in [4.78, 5) is 4.11. The molecule has 0 atom stereocenters. The van der Waals surface area contributed by atoms with Gasteiger partial charge in [-0.1, -0.05) is 13.3 Å². The quantitative estimate of drug-likeness (QED) is 0.658. The van der Waals surface area contributed by atoms with Gasteiger partial charge in [-0.3, -0.25) is 4.98 Å². The Labute approximate surface area is 71.9 Å². The molecule has 2 aromatic heterocycles. The topological polar surface area (TPSA) is 17.3 Å². The van der Waals surface area contributed by atoms with Crippen molar-refractivity contribution in [2.24, 2.45) is 0 Å². The van der Waals surface area contributed by atoms with Crippen molar-refractivity contribution in [2.75, 3.05) is 0 Å². The van der Waals surface area contributed by atoms with E-state index in [1.807, 2.05) is 18.6 Å². The van der Waals surface area contributed by atoms with Crippen LogP contribution in [0.15, 0.2) is 30.9 Å². The molecule has 0 aliphatic carbocycles. The summed E-state index contributed by atoms with van der Waals surface area (Å²) in [5.41, 5.74) is 2.63. The van der Waals surface area contributed by atoms with Gasteiger partial charge in [0.15, 0.2) is 0 Å². The normalized spacial score (nSPS) is 10.8. The Balaban J connectivity index is 2.55. The number of nitrogens with zero attached hydrogens (tertiary/aromatic N) is 2. The van der Waals surface area contributed by atoms with Crippen LogP contribution >= 0.6 is 0 Å². The second-order valence-electron chi connectivity index (χ2n) is 2.96. The minimum Gasteiger partial charge on any atom is -0.321 e. The molecule has 2 heterocycles. The molecule has 0 bridgehead atoms. The lowest BCUT2D eigenvalue weighted by atomic mass is 10.2. The van der Waals surface area contributed by atoms with Crippen molar-refractivity contribution in [3.05, 3.63) is 36.4 Å². The highest BCUT2D eigenvalue weighted by molar-refractivity contribution is 5.53. The van der Waals surface area contributed by atoms with Crippen molar-refractivity contribution in [1.82, 2.24) is 9.38 Å². The molecule has 0 saturated heterocycles. The number of aryl methyl sites for hydroxylation is 1. The summed E-state index contributed by atoms with van der Waals surface area (Å²) in [5, 5.41) is 0. The molecule has 0 saturated carbocycles. The van der Waals surface area contributed by atoms with Crippen molar-refractivity contribution < 1.29 is 0 Å². The predicted octanol–water partition coefficient (Wildman–Crippen LogP) is 2.29. The Morgan fingerprint density at radius 2 is 2.33 bits per heavy atom. The SMILES string of the molecule is CCCc1ccn2ccncc12. The van der Waals surface area contributed by atoms with Gasteiger partial charge in [0.05, 0.1) is 11.7 Å². The summed E-state index contributed by atoms with van der Waals surface area (Å²) in [7, 11) is 0. The zero-order chi connectivity index (χ0) is 8.39. The number of fused-ring (bicyclic) bond motifs is 1. The highest BCUT2D eigenvalue weighted by atomic mass is 14.9. The number of hydrogen-bond donors (Lipinski definition) is 0. The van der Waals surface area contributed by atoms with Gasteiger partial charge in [-0.2, -0.15) is 0 Å². The molecule has 2 aromatic rings. The predicted molar refractivity (Wildman–Crippen MR) is 49.2 cm³/mol. The third-order valence-corrected chi connectivity index (χ3v) is 2.07. The Kier molecular flexibility index (Phi) is 1.82. The number of rotatable bonds is 2. The van der Waals surface area contributed by atoms with E-state index in [1.54, 1.807) is 0 Å². The Morgan fingerprint density at radius 1 is 1.42 bits per heavy atom. The minimum absolute atomic E-state index is 1.14. The fraction of sp³-hybridized carbons (Fsp3) is 0.300. The van der Waals surface area contributed by atoms with E-state index in [4.69, 9.17) is 0 Å². The molecule has 62 valence electrons. The van der Waals surface area contributed by atoms with Crippen LogP contribution in [0.1, 0.15) is 18.9 Å². The van der Waals surface area contributed by atoms with Crippen LogP contribution in [0.2, 0.25) is 0 Å². The third kappa shape index (κ3) is 1.09. The van der Waals surface area contributed by atoms with Crippen LogP contribution in [-0.2, 0) is 6.42 Å². The summed E-state index contributed by atoms with van der Waals surface area (Å²) < 4.78 is 2.11. The van der Waals surface area contributed by atoms with Gasteiger partial charge in [0.2, 0.25) is 0 Å². The van der Waals surface area contributed by atoms with Gasteiger partial charge in [-0.15, -0.1) is 0 Å². The molecule has 0 radical (unpaired) electrons. The summed E-state index contributed by atoms with van der Waals surface area (Å²) in [6.07, 6.45) is 10.1. The fourth-order valence-electron chi connectivity index (χ4n) is 1.49. The average Bonchev–Trinajstić information content (AvgIpc) is 2.50. The zero-order valence-electron chi connectivity index (χ0n) is 7.20. The summed E-state index contributed by atoms with van der Waals surface area (Å²) >= 11 is 0. The Morgan fingerprint density at radius 3 is 3.17 bits per heavy atom. The van der Waals surface area contributed by atoms with Crippen LogP contribution in [0.5, 0.6) is 0 Å². The number of hydrogen-bond acceptors (Lipinski definition) is 1. The van der Waals surface area contributed by atoms with Gasteiger partial charge in [0, 0.05) is 18.6 Å². The second-order valence-corrected chi connectivity index (χ2v) is 2.96. The van der Waals surface area contributed by atoms with E-state index in [1.165, 1.54) is 17.5 Å². The van der Waals surface area contributed by atoms with Crippen molar-refractivity contribution in [3.8, 4) is 0 Å².